The van der Waals surface area contributed by atoms with Crippen molar-refractivity contribution in [2.24, 2.45) is 7.05 Å². The van der Waals surface area contributed by atoms with Crippen LogP contribution in [0.5, 0.6) is 0 Å². The van der Waals surface area contributed by atoms with E-state index in [1.54, 1.807) is 11.3 Å². The predicted octanol–water partition coefficient (Wildman–Crippen LogP) is 3.42. The van der Waals surface area contributed by atoms with Gasteiger partial charge in [0.25, 0.3) is 0 Å². The maximum absolute atomic E-state index is 6.35. The van der Waals surface area contributed by atoms with Gasteiger partial charge < -0.3 is 14.6 Å². The van der Waals surface area contributed by atoms with Gasteiger partial charge in [-0.3, -0.25) is 0 Å². The summed E-state index contributed by atoms with van der Waals surface area (Å²) < 4.78 is 9.22. The molecule has 0 radical (unpaired) electrons. The molecule has 3 atom stereocenters. The zero-order chi connectivity index (χ0) is 15.3. The molecule has 0 unspecified atom stereocenters. The lowest BCUT2D eigenvalue weighted by Crippen LogP contribution is -2.49. The molecule has 22 heavy (non-hydrogen) atoms. The van der Waals surface area contributed by atoms with Gasteiger partial charge in [-0.25, -0.2) is 4.98 Å². The van der Waals surface area contributed by atoms with E-state index < -0.39 is 0 Å². The highest BCUT2D eigenvalue weighted by molar-refractivity contribution is 7.16. The van der Waals surface area contributed by atoms with E-state index in [0.29, 0.717) is 6.04 Å². The second kappa shape index (κ2) is 5.34. The second-order valence-electron chi connectivity index (χ2n) is 6.49. The second-order valence-corrected chi connectivity index (χ2v) is 8.17. The number of ether oxygens (including phenoxy) is 1. The van der Waals surface area contributed by atoms with Crippen molar-refractivity contribution >= 4 is 22.9 Å². The highest BCUT2D eigenvalue weighted by atomic mass is 35.5. The first kappa shape index (κ1) is 14.7. The van der Waals surface area contributed by atoms with Gasteiger partial charge >= 0.3 is 0 Å². The SMILES string of the molecule is C[C@H]1C[C@@]2(C[C@@H](c3cn(C)cn3)N1)OCCc1cc(Cl)sc12. The fourth-order valence-electron chi connectivity index (χ4n) is 3.86. The Morgan fingerprint density at radius 2 is 2.36 bits per heavy atom. The molecule has 6 heteroatoms. The predicted molar refractivity (Wildman–Crippen MR) is 88.4 cm³/mol. The number of nitrogens with one attached hydrogen (secondary N) is 1. The molecule has 1 fully saturated rings. The third-order valence-corrected chi connectivity index (χ3v) is 6.17. The Labute approximate surface area is 139 Å². The Balaban J connectivity index is 1.72. The molecular formula is C16H20ClN3OS. The summed E-state index contributed by atoms with van der Waals surface area (Å²) in [5.74, 6) is 0. The van der Waals surface area contributed by atoms with Gasteiger partial charge in [-0.05, 0) is 31.4 Å². The van der Waals surface area contributed by atoms with Crippen LogP contribution in [0, 0.1) is 0 Å². The van der Waals surface area contributed by atoms with Gasteiger partial charge in [0.2, 0.25) is 0 Å². The van der Waals surface area contributed by atoms with Crippen LogP contribution < -0.4 is 5.32 Å². The molecule has 118 valence electrons. The summed E-state index contributed by atoms with van der Waals surface area (Å²) in [6, 6.07) is 2.72. The Bertz CT molecular complexity index is 697. The summed E-state index contributed by atoms with van der Waals surface area (Å²) in [6.45, 7) is 3.01. The third kappa shape index (κ3) is 2.40. The number of thiophene rings is 1. The smallest absolute Gasteiger partial charge is 0.106 e. The number of imidazole rings is 1. The van der Waals surface area contributed by atoms with Crippen molar-refractivity contribution in [3.8, 4) is 0 Å². The van der Waals surface area contributed by atoms with E-state index in [-0.39, 0.29) is 11.6 Å². The van der Waals surface area contributed by atoms with Crippen LogP contribution in [0.25, 0.3) is 0 Å². The molecule has 0 aromatic carbocycles. The summed E-state index contributed by atoms with van der Waals surface area (Å²) in [5, 5.41) is 3.67. The van der Waals surface area contributed by atoms with Crippen molar-refractivity contribution in [2.45, 2.75) is 43.9 Å². The standard InChI is InChI=1S/C16H20ClN3OS/c1-10-6-16(7-12(19-10)13-8-20(2)9-18-13)15-11(3-4-21-16)5-14(17)22-15/h5,8-10,12,19H,3-4,6-7H2,1-2H3/t10-,12-,16-/m0/s1. The quantitative estimate of drug-likeness (QED) is 0.866. The molecule has 1 spiro atoms. The minimum absolute atomic E-state index is 0.210. The van der Waals surface area contributed by atoms with E-state index in [1.165, 1.54) is 10.4 Å². The lowest BCUT2D eigenvalue weighted by atomic mass is 9.79. The summed E-state index contributed by atoms with van der Waals surface area (Å²) >= 11 is 7.97. The van der Waals surface area contributed by atoms with Gasteiger partial charge in [0.15, 0.2) is 0 Å². The molecule has 2 aliphatic heterocycles. The fraction of sp³-hybridized carbons (Fsp3) is 0.562. The summed E-state index contributed by atoms with van der Waals surface area (Å²) in [7, 11) is 2.01. The van der Waals surface area contributed by atoms with E-state index in [2.05, 4.69) is 29.5 Å². The van der Waals surface area contributed by atoms with Crippen molar-refractivity contribution in [1.82, 2.24) is 14.9 Å². The van der Waals surface area contributed by atoms with Gasteiger partial charge in [-0.1, -0.05) is 11.6 Å². The van der Waals surface area contributed by atoms with Crippen molar-refractivity contribution in [3.05, 3.63) is 39.1 Å². The summed E-state index contributed by atoms with van der Waals surface area (Å²) in [4.78, 5) is 5.87. The molecule has 2 aromatic rings. The number of hydrogen-bond acceptors (Lipinski definition) is 4. The topological polar surface area (TPSA) is 39.1 Å². The minimum atomic E-state index is -0.210. The maximum atomic E-state index is 6.35. The zero-order valence-electron chi connectivity index (χ0n) is 12.8. The van der Waals surface area contributed by atoms with Crippen LogP contribution in [-0.2, 0) is 23.8 Å². The first-order chi connectivity index (χ1) is 10.6. The van der Waals surface area contributed by atoms with E-state index in [9.17, 15) is 0 Å². The van der Waals surface area contributed by atoms with Crippen LogP contribution >= 0.6 is 22.9 Å². The van der Waals surface area contributed by atoms with Crippen LogP contribution in [0.1, 0.15) is 41.9 Å². The normalized spacial score (nSPS) is 31.4. The first-order valence-electron chi connectivity index (χ1n) is 7.72. The highest BCUT2D eigenvalue weighted by Gasteiger charge is 2.46. The van der Waals surface area contributed by atoms with Crippen LogP contribution in [-0.4, -0.2) is 22.2 Å². The molecule has 0 bridgehead atoms. The van der Waals surface area contributed by atoms with E-state index >= 15 is 0 Å². The number of piperidine rings is 1. The van der Waals surface area contributed by atoms with Crippen molar-refractivity contribution in [1.29, 1.82) is 0 Å². The average Bonchev–Trinajstić information content (AvgIpc) is 3.04. The molecule has 0 saturated carbocycles. The molecule has 1 N–H and O–H groups in total. The number of halogens is 1. The molecule has 4 heterocycles. The molecule has 2 aliphatic rings. The van der Waals surface area contributed by atoms with Gasteiger partial charge in [0.05, 0.1) is 29.0 Å². The summed E-state index contributed by atoms with van der Waals surface area (Å²) in [6.07, 6.45) is 6.82. The number of nitrogens with zero attached hydrogens (tertiary/aromatic N) is 2. The van der Waals surface area contributed by atoms with E-state index in [1.807, 2.05) is 17.9 Å². The van der Waals surface area contributed by atoms with E-state index in [4.69, 9.17) is 16.3 Å². The lowest BCUT2D eigenvalue weighted by Gasteiger charge is -2.45. The largest absolute Gasteiger partial charge is 0.369 e. The van der Waals surface area contributed by atoms with Gasteiger partial charge in [-0.15, -0.1) is 11.3 Å². The maximum Gasteiger partial charge on any atom is 0.106 e. The third-order valence-electron chi connectivity index (χ3n) is 4.68. The molecule has 2 aromatic heterocycles. The monoisotopic (exact) mass is 337 g/mol. The van der Waals surface area contributed by atoms with Crippen molar-refractivity contribution in [2.75, 3.05) is 6.61 Å². The van der Waals surface area contributed by atoms with Crippen LogP contribution in [0.3, 0.4) is 0 Å². The number of fused-ring (bicyclic) bond motifs is 2. The van der Waals surface area contributed by atoms with Crippen molar-refractivity contribution in [3.63, 3.8) is 0 Å². The van der Waals surface area contributed by atoms with Crippen LogP contribution in [0.2, 0.25) is 4.34 Å². The van der Waals surface area contributed by atoms with Gasteiger partial charge in [0.1, 0.15) is 5.60 Å². The molecule has 0 aliphatic carbocycles. The molecule has 4 rings (SSSR count). The molecular weight excluding hydrogens is 318 g/mol. The Morgan fingerprint density at radius 3 is 3.14 bits per heavy atom. The Kier molecular flexibility index (Phi) is 3.57. The highest BCUT2D eigenvalue weighted by Crippen LogP contribution is 2.49. The Hall–Kier alpha value is -0.880. The van der Waals surface area contributed by atoms with E-state index in [0.717, 1.165) is 35.9 Å². The molecule has 0 amide bonds. The minimum Gasteiger partial charge on any atom is -0.369 e. The molecule has 4 nitrogen and oxygen atoms in total. The number of aryl methyl sites for hydroxylation is 1. The van der Waals surface area contributed by atoms with Crippen molar-refractivity contribution < 1.29 is 4.74 Å². The molecule has 1 saturated heterocycles. The fourth-order valence-corrected chi connectivity index (χ4v) is 5.33. The first-order valence-corrected chi connectivity index (χ1v) is 8.92. The number of hydrogen-bond donors (Lipinski definition) is 1. The van der Waals surface area contributed by atoms with Gasteiger partial charge in [-0.2, -0.15) is 0 Å². The van der Waals surface area contributed by atoms with Crippen LogP contribution in [0.4, 0.5) is 0 Å². The number of aromatic nitrogens is 2. The lowest BCUT2D eigenvalue weighted by molar-refractivity contribution is -0.0957. The average molecular weight is 338 g/mol. The van der Waals surface area contributed by atoms with Crippen LogP contribution in [0.15, 0.2) is 18.6 Å². The summed E-state index contributed by atoms with van der Waals surface area (Å²) in [5.41, 5.74) is 2.25. The zero-order valence-corrected chi connectivity index (χ0v) is 14.4. The Morgan fingerprint density at radius 1 is 1.50 bits per heavy atom. The van der Waals surface area contributed by atoms with Gasteiger partial charge in [0, 0.05) is 30.6 Å². The number of rotatable bonds is 1.